The summed E-state index contributed by atoms with van der Waals surface area (Å²) in [5, 5.41) is 22.6. The summed E-state index contributed by atoms with van der Waals surface area (Å²) in [4.78, 5) is 23.9. The third kappa shape index (κ3) is 3.58. The van der Waals surface area contributed by atoms with E-state index in [9.17, 15) is 9.90 Å². The average Bonchev–Trinajstić information content (AvgIpc) is 3.79. The van der Waals surface area contributed by atoms with E-state index in [0.717, 1.165) is 39.7 Å². The van der Waals surface area contributed by atoms with Crippen LogP contribution >= 0.6 is 0 Å². The number of H-pyrrole nitrogens is 1. The van der Waals surface area contributed by atoms with Gasteiger partial charge in [0.25, 0.3) is 0 Å². The van der Waals surface area contributed by atoms with E-state index in [-0.39, 0.29) is 17.9 Å². The molecule has 2 aliphatic heterocycles. The predicted octanol–water partition coefficient (Wildman–Crippen LogP) is 5.08. The molecule has 0 spiro atoms. The van der Waals surface area contributed by atoms with Gasteiger partial charge in [-0.25, -0.2) is 18.7 Å². The normalized spacial score (nSPS) is 18.2. The topological polar surface area (TPSA) is 116 Å². The van der Waals surface area contributed by atoms with Crippen LogP contribution in [0.2, 0.25) is 0 Å². The minimum atomic E-state index is -0.894. The first-order chi connectivity index (χ1) is 20.1. The lowest BCUT2D eigenvalue weighted by Gasteiger charge is -2.34. The van der Waals surface area contributed by atoms with Crippen LogP contribution in [0.25, 0.3) is 50.2 Å². The number of rotatable bonds is 4. The van der Waals surface area contributed by atoms with Gasteiger partial charge in [-0.2, -0.15) is 10.2 Å². The Morgan fingerprint density at radius 3 is 2.66 bits per heavy atom. The number of carbonyl (C=O) groups is 1. The molecule has 10 nitrogen and oxygen atoms in total. The number of hydrogen-bond acceptors (Lipinski definition) is 6. The van der Waals surface area contributed by atoms with Crippen molar-refractivity contribution in [2.45, 2.75) is 18.5 Å². The molecule has 2 aliphatic rings. The minimum absolute atomic E-state index is 0.0520. The maximum atomic E-state index is 15.9. The van der Waals surface area contributed by atoms with Gasteiger partial charge in [0.15, 0.2) is 5.65 Å². The molecule has 6 heterocycles. The second-order valence-electron chi connectivity index (χ2n) is 10.5. The summed E-state index contributed by atoms with van der Waals surface area (Å²) in [5.41, 5.74) is 6.50. The van der Waals surface area contributed by atoms with Gasteiger partial charge in [0, 0.05) is 59.9 Å². The van der Waals surface area contributed by atoms with Gasteiger partial charge in [0.2, 0.25) is 0 Å². The third-order valence-electron chi connectivity index (χ3n) is 8.27. The van der Waals surface area contributed by atoms with E-state index in [0.29, 0.717) is 35.7 Å². The Morgan fingerprint density at radius 1 is 1.00 bits per heavy atom. The lowest BCUT2D eigenvalue weighted by molar-refractivity contribution is 0.137. The van der Waals surface area contributed by atoms with E-state index in [1.807, 2.05) is 36.4 Å². The summed E-state index contributed by atoms with van der Waals surface area (Å²) in [6.45, 7) is 0.998. The van der Waals surface area contributed by atoms with Gasteiger partial charge in [-0.3, -0.25) is 10.1 Å². The van der Waals surface area contributed by atoms with Crippen LogP contribution in [0.1, 0.15) is 6.42 Å². The zero-order valence-corrected chi connectivity index (χ0v) is 21.6. The summed E-state index contributed by atoms with van der Waals surface area (Å²) >= 11 is 0. The van der Waals surface area contributed by atoms with E-state index < -0.39 is 6.09 Å². The zero-order valence-electron chi connectivity index (χ0n) is 21.6. The largest absolute Gasteiger partial charge is 0.465 e. The van der Waals surface area contributed by atoms with Crippen molar-refractivity contribution in [3.8, 4) is 33.6 Å². The lowest BCUT2D eigenvalue weighted by Crippen LogP contribution is -2.48. The number of amides is 1. The Kier molecular flexibility index (Phi) is 5.08. The number of piperazine rings is 1. The fourth-order valence-corrected chi connectivity index (χ4v) is 6.40. The van der Waals surface area contributed by atoms with E-state index in [1.54, 1.807) is 41.4 Å². The molecule has 2 N–H and O–H groups in total. The highest BCUT2D eigenvalue weighted by Gasteiger charge is 2.45. The molecule has 41 heavy (non-hydrogen) atoms. The molecular formula is C30H23FN8O2. The Balaban J connectivity index is 1.26. The Labute approximate surface area is 232 Å². The molecule has 0 aliphatic carbocycles. The number of benzene rings is 2. The predicted molar refractivity (Wildman–Crippen MR) is 151 cm³/mol. The van der Waals surface area contributed by atoms with Crippen LogP contribution in [-0.2, 0) is 0 Å². The quantitative estimate of drug-likeness (QED) is 0.317. The van der Waals surface area contributed by atoms with Gasteiger partial charge in [-0.15, -0.1) is 0 Å². The van der Waals surface area contributed by atoms with Gasteiger partial charge >= 0.3 is 6.09 Å². The van der Waals surface area contributed by atoms with Crippen molar-refractivity contribution >= 4 is 28.3 Å². The fraction of sp³-hybridized carbons (Fsp3) is 0.167. The molecule has 202 valence electrons. The zero-order chi connectivity index (χ0) is 27.7. The molecule has 4 aromatic heterocycles. The molecule has 2 bridgehead atoms. The Bertz CT molecular complexity index is 1970. The first-order valence-corrected chi connectivity index (χ1v) is 13.3. The van der Waals surface area contributed by atoms with Crippen molar-refractivity contribution < 1.29 is 14.3 Å². The summed E-state index contributed by atoms with van der Waals surface area (Å²) in [7, 11) is 0. The molecule has 11 heteroatoms. The third-order valence-corrected chi connectivity index (χ3v) is 8.27. The molecule has 2 saturated heterocycles. The van der Waals surface area contributed by atoms with E-state index in [2.05, 4.69) is 20.1 Å². The smallest absolute Gasteiger partial charge is 0.407 e. The number of halogens is 1. The second-order valence-corrected chi connectivity index (χ2v) is 10.5. The minimum Gasteiger partial charge on any atom is -0.465 e. The highest BCUT2D eigenvalue weighted by Crippen LogP contribution is 2.40. The van der Waals surface area contributed by atoms with Crippen LogP contribution in [0.5, 0.6) is 0 Å². The lowest BCUT2D eigenvalue weighted by atomic mass is 9.99. The van der Waals surface area contributed by atoms with Crippen LogP contribution in [-0.4, -0.2) is 71.1 Å². The van der Waals surface area contributed by atoms with Crippen molar-refractivity contribution in [3.05, 3.63) is 85.2 Å². The number of carboxylic acid groups (broad SMARTS) is 1. The molecule has 0 saturated carbocycles. The van der Waals surface area contributed by atoms with Gasteiger partial charge in [-0.1, -0.05) is 12.1 Å². The number of nitrogens with one attached hydrogen (secondary N) is 1. The van der Waals surface area contributed by atoms with Gasteiger partial charge < -0.3 is 14.9 Å². The van der Waals surface area contributed by atoms with Crippen molar-refractivity contribution in [1.29, 1.82) is 0 Å². The molecule has 2 atom stereocenters. The van der Waals surface area contributed by atoms with Crippen molar-refractivity contribution in [2.24, 2.45) is 0 Å². The Hall–Kier alpha value is -5.32. The van der Waals surface area contributed by atoms with E-state index in [1.165, 1.54) is 11.0 Å². The number of aromatic amines is 1. The molecule has 0 radical (unpaired) electrons. The molecular weight excluding hydrogens is 523 g/mol. The highest BCUT2D eigenvalue weighted by atomic mass is 19.1. The number of hydrogen-bond donors (Lipinski definition) is 2. The summed E-state index contributed by atoms with van der Waals surface area (Å²) < 4.78 is 17.6. The SMILES string of the molecule is O=C(O)N1CC2CC1CN2c1ccc(-c2ccnc3c(-c4cccc5[nH]ncc45)c(-c4ccncc4)nn23)c(F)c1. The summed E-state index contributed by atoms with van der Waals surface area (Å²) in [5.74, 6) is -0.382. The number of anilines is 1. The number of likely N-dealkylation sites (tertiary alicyclic amines) is 1. The fourth-order valence-electron chi connectivity index (χ4n) is 6.40. The van der Waals surface area contributed by atoms with Crippen molar-refractivity contribution in [3.63, 3.8) is 0 Å². The maximum Gasteiger partial charge on any atom is 0.407 e. The number of aromatic nitrogens is 6. The Morgan fingerprint density at radius 2 is 1.88 bits per heavy atom. The maximum absolute atomic E-state index is 15.9. The van der Waals surface area contributed by atoms with Gasteiger partial charge in [0.05, 0.1) is 29.0 Å². The van der Waals surface area contributed by atoms with Crippen molar-refractivity contribution in [2.75, 3.05) is 18.0 Å². The number of fused-ring (bicyclic) bond motifs is 4. The average molecular weight is 547 g/mol. The van der Waals surface area contributed by atoms with Crippen LogP contribution < -0.4 is 4.90 Å². The van der Waals surface area contributed by atoms with Gasteiger partial charge in [-0.05, 0) is 54.4 Å². The van der Waals surface area contributed by atoms with E-state index >= 15 is 4.39 Å². The van der Waals surface area contributed by atoms with Crippen LogP contribution in [0.3, 0.4) is 0 Å². The van der Waals surface area contributed by atoms with E-state index in [4.69, 9.17) is 10.1 Å². The molecule has 1 amide bonds. The first-order valence-electron chi connectivity index (χ1n) is 13.3. The highest BCUT2D eigenvalue weighted by molar-refractivity contribution is 6.02. The van der Waals surface area contributed by atoms with Crippen LogP contribution in [0.15, 0.2) is 79.4 Å². The molecule has 8 rings (SSSR count). The molecule has 2 fully saturated rings. The molecule has 2 unspecified atom stereocenters. The van der Waals surface area contributed by atoms with Crippen molar-refractivity contribution in [1.82, 2.24) is 34.7 Å². The molecule has 6 aromatic rings. The van der Waals surface area contributed by atoms with Gasteiger partial charge in [0.1, 0.15) is 11.5 Å². The second kappa shape index (κ2) is 8.85. The summed E-state index contributed by atoms with van der Waals surface area (Å²) in [6.07, 6.45) is 6.76. The number of nitrogens with zero attached hydrogens (tertiary/aromatic N) is 7. The first kappa shape index (κ1) is 23.6. The molecule has 2 aromatic carbocycles. The van der Waals surface area contributed by atoms with Crippen LogP contribution in [0, 0.1) is 5.82 Å². The van der Waals surface area contributed by atoms with Crippen LogP contribution in [0.4, 0.5) is 14.9 Å². The standard InChI is InChI=1S/C30H23FN8O2/c31-24-13-18(37-15-20-12-19(37)16-38(20)30(40)41)4-5-22(24)26-8-11-33-29-27(21-2-1-3-25-23(21)14-34-35-25)28(36-39(26)29)17-6-9-32-10-7-17/h1-11,13-14,19-20H,12,15-16H2,(H,34,35)(H,40,41). The number of pyridine rings is 1. The monoisotopic (exact) mass is 546 g/mol. The summed E-state index contributed by atoms with van der Waals surface area (Å²) in [6, 6.07) is 16.7.